The van der Waals surface area contributed by atoms with Crippen LogP contribution in [0.3, 0.4) is 0 Å². The highest BCUT2D eigenvalue weighted by molar-refractivity contribution is 7.14. The maximum atomic E-state index is 2.35. The fourth-order valence-electron chi connectivity index (χ4n) is 1.99. The van der Waals surface area contributed by atoms with Crippen LogP contribution in [-0.4, -0.2) is 4.57 Å². The quantitative estimate of drug-likeness (QED) is 0.715. The summed E-state index contributed by atoms with van der Waals surface area (Å²) in [6, 6.07) is 6.69. The molecule has 0 saturated heterocycles. The molecule has 2 aromatic rings. The number of hydrogen-bond acceptors (Lipinski definition) is 1. The van der Waals surface area contributed by atoms with Crippen molar-refractivity contribution in [1.29, 1.82) is 0 Å². The van der Waals surface area contributed by atoms with E-state index in [-0.39, 0.29) is 0 Å². The summed E-state index contributed by atoms with van der Waals surface area (Å²) in [5.74, 6) is 0.619. The van der Waals surface area contributed by atoms with Crippen molar-refractivity contribution in [2.75, 3.05) is 0 Å². The second-order valence-electron chi connectivity index (χ2n) is 4.74. The molecule has 0 unspecified atom stereocenters. The molecule has 0 amide bonds. The van der Waals surface area contributed by atoms with Gasteiger partial charge in [0.1, 0.15) is 5.00 Å². The molecule has 0 N–H and O–H groups in total. The topological polar surface area (TPSA) is 4.93 Å². The fourth-order valence-corrected chi connectivity index (χ4v) is 3.29. The van der Waals surface area contributed by atoms with Crippen LogP contribution in [0.4, 0.5) is 0 Å². The maximum Gasteiger partial charge on any atom is 0.103 e. The van der Waals surface area contributed by atoms with Crippen molar-refractivity contribution in [3.63, 3.8) is 0 Å². The third-order valence-corrected chi connectivity index (χ3v) is 4.48. The summed E-state index contributed by atoms with van der Waals surface area (Å²) in [5.41, 5.74) is 4.02. The normalized spacial score (nSPS) is 11.4. The molecule has 16 heavy (non-hydrogen) atoms. The summed E-state index contributed by atoms with van der Waals surface area (Å²) in [5, 5.41) is 1.38. The van der Waals surface area contributed by atoms with Crippen LogP contribution in [0.2, 0.25) is 0 Å². The zero-order valence-corrected chi connectivity index (χ0v) is 11.5. The number of aromatic nitrogens is 1. The lowest BCUT2D eigenvalue weighted by molar-refractivity contribution is 0.889. The van der Waals surface area contributed by atoms with Gasteiger partial charge >= 0.3 is 0 Å². The number of hydrogen-bond donors (Lipinski definition) is 0. The smallest absolute Gasteiger partial charge is 0.103 e. The van der Waals surface area contributed by atoms with Gasteiger partial charge in [0.05, 0.1) is 0 Å². The van der Waals surface area contributed by atoms with E-state index in [0.717, 1.165) is 0 Å². The van der Waals surface area contributed by atoms with Crippen molar-refractivity contribution in [3.05, 3.63) is 40.0 Å². The molecule has 0 atom stereocenters. The Morgan fingerprint density at radius 3 is 2.06 bits per heavy atom. The Morgan fingerprint density at radius 1 is 1.06 bits per heavy atom. The van der Waals surface area contributed by atoms with Gasteiger partial charge in [-0.15, -0.1) is 11.3 Å². The minimum atomic E-state index is 0.619. The van der Waals surface area contributed by atoms with E-state index in [4.69, 9.17) is 0 Å². The van der Waals surface area contributed by atoms with Crippen LogP contribution in [0, 0.1) is 20.8 Å². The summed E-state index contributed by atoms with van der Waals surface area (Å²) >= 11 is 1.92. The van der Waals surface area contributed by atoms with Gasteiger partial charge < -0.3 is 4.57 Å². The van der Waals surface area contributed by atoms with Gasteiger partial charge in [0, 0.05) is 16.3 Å². The minimum absolute atomic E-state index is 0.619. The number of thiophene rings is 1. The molecule has 0 aliphatic rings. The molecule has 0 radical (unpaired) electrons. The second kappa shape index (κ2) is 4.10. The molecule has 0 saturated carbocycles. The zero-order valence-electron chi connectivity index (χ0n) is 10.7. The van der Waals surface area contributed by atoms with Crippen LogP contribution in [0.15, 0.2) is 18.2 Å². The van der Waals surface area contributed by atoms with Gasteiger partial charge in [-0.1, -0.05) is 13.8 Å². The first kappa shape index (κ1) is 11.5. The minimum Gasteiger partial charge on any atom is -0.310 e. The molecule has 86 valence electrons. The number of nitrogens with zero attached hydrogens (tertiary/aromatic N) is 1. The van der Waals surface area contributed by atoms with Gasteiger partial charge in [0.2, 0.25) is 0 Å². The third kappa shape index (κ3) is 1.82. The van der Waals surface area contributed by atoms with Crippen LogP contribution in [0.25, 0.3) is 5.00 Å². The predicted octanol–water partition coefficient (Wildman–Crippen LogP) is 4.59. The largest absolute Gasteiger partial charge is 0.310 e. The van der Waals surface area contributed by atoms with Gasteiger partial charge in [0.15, 0.2) is 0 Å². The molecular weight excluding hydrogens is 214 g/mol. The average Bonchev–Trinajstić information content (AvgIpc) is 2.71. The Bertz CT molecular complexity index is 483. The van der Waals surface area contributed by atoms with E-state index in [9.17, 15) is 0 Å². The van der Waals surface area contributed by atoms with Crippen molar-refractivity contribution in [1.82, 2.24) is 4.57 Å². The lowest BCUT2D eigenvalue weighted by atomic mass is 10.1. The van der Waals surface area contributed by atoms with E-state index in [2.05, 4.69) is 57.4 Å². The summed E-state index contributed by atoms with van der Waals surface area (Å²) in [4.78, 5) is 1.47. The molecule has 0 aliphatic heterocycles. The van der Waals surface area contributed by atoms with E-state index in [1.165, 1.54) is 26.8 Å². The first-order chi connectivity index (χ1) is 7.50. The lowest BCUT2D eigenvalue weighted by Crippen LogP contribution is -1.97. The Hall–Kier alpha value is -1.02. The highest BCUT2D eigenvalue weighted by Gasteiger charge is 2.12. The molecule has 2 rings (SSSR count). The van der Waals surface area contributed by atoms with Crippen LogP contribution in [0.5, 0.6) is 0 Å². The molecule has 0 bridgehead atoms. The fraction of sp³-hybridized carbons (Fsp3) is 0.429. The van der Waals surface area contributed by atoms with Crippen LogP contribution < -0.4 is 0 Å². The monoisotopic (exact) mass is 233 g/mol. The van der Waals surface area contributed by atoms with Gasteiger partial charge in [-0.25, -0.2) is 0 Å². The van der Waals surface area contributed by atoms with E-state index in [1.54, 1.807) is 0 Å². The first-order valence-electron chi connectivity index (χ1n) is 5.76. The number of aryl methyl sites for hydroxylation is 3. The first-order valence-corrected chi connectivity index (χ1v) is 6.58. The summed E-state index contributed by atoms with van der Waals surface area (Å²) in [6.07, 6.45) is 0. The van der Waals surface area contributed by atoms with Gasteiger partial charge in [0.25, 0.3) is 0 Å². The molecule has 0 spiro atoms. The van der Waals surface area contributed by atoms with Crippen molar-refractivity contribution in [2.45, 2.75) is 40.5 Å². The molecule has 2 aromatic heterocycles. The highest BCUT2D eigenvalue weighted by atomic mass is 32.1. The third-order valence-electron chi connectivity index (χ3n) is 2.95. The maximum absolute atomic E-state index is 2.35. The zero-order chi connectivity index (χ0) is 11.9. The van der Waals surface area contributed by atoms with E-state index >= 15 is 0 Å². The Kier molecular flexibility index (Phi) is 2.94. The number of rotatable bonds is 2. The van der Waals surface area contributed by atoms with Crippen molar-refractivity contribution in [3.8, 4) is 5.00 Å². The standard InChI is InChI=1S/C14H19NS/c1-9(2)13-8-10(3)14(16-13)15-11(4)6-7-12(15)5/h6-9H,1-5H3. The van der Waals surface area contributed by atoms with Crippen LogP contribution >= 0.6 is 11.3 Å². The van der Waals surface area contributed by atoms with Crippen molar-refractivity contribution < 1.29 is 0 Å². The van der Waals surface area contributed by atoms with Crippen LogP contribution in [-0.2, 0) is 0 Å². The molecular formula is C14H19NS. The summed E-state index contributed by atoms with van der Waals surface area (Å²) in [7, 11) is 0. The van der Waals surface area contributed by atoms with E-state index in [0.29, 0.717) is 5.92 Å². The van der Waals surface area contributed by atoms with Crippen molar-refractivity contribution in [2.24, 2.45) is 0 Å². The van der Waals surface area contributed by atoms with Gasteiger partial charge in [-0.3, -0.25) is 0 Å². The summed E-state index contributed by atoms with van der Waals surface area (Å²) in [6.45, 7) is 11.0. The predicted molar refractivity (Wildman–Crippen MR) is 71.9 cm³/mol. The average molecular weight is 233 g/mol. The van der Waals surface area contributed by atoms with Crippen LogP contribution in [0.1, 0.15) is 41.6 Å². The second-order valence-corrected chi connectivity index (χ2v) is 5.81. The molecule has 0 aliphatic carbocycles. The Labute approximate surface area is 102 Å². The summed E-state index contributed by atoms with van der Waals surface area (Å²) < 4.78 is 2.35. The lowest BCUT2D eigenvalue weighted by Gasteiger charge is -2.07. The molecule has 2 heterocycles. The Morgan fingerprint density at radius 2 is 1.62 bits per heavy atom. The van der Waals surface area contributed by atoms with Gasteiger partial charge in [-0.2, -0.15) is 0 Å². The molecule has 0 aromatic carbocycles. The van der Waals surface area contributed by atoms with E-state index < -0.39 is 0 Å². The highest BCUT2D eigenvalue weighted by Crippen LogP contribution is 2.32. The van der Waals surface area contributed by atoms with E-state index in [1.807, 2.05) is 11.3 Å². The molecule has 2 heteroatoms. The molecule has 1 nitrogen and oxygen atoms in total. The Balaban J connectivity index is 2.56. The van der Waals surface area contributed by atoms with Crippen molar-refractivity contribution >= 4 is 11.3 Å². The SMILES string of the molecule is Cc1cc(C(C)C)sc1-n1c(C)ccc1C. The van der Waals surface area contributed by atoms with Gasteiger partial charge in [-0.05, 0) is 50.5 Å². The molecule has 0 fully saturated rings.